The van der Waals surface area contributed by atoms with Gasteiger partial charge in [-0.15, -0.1) is 0 Å². The van der Waals surface area contributed by atoms with Crippen molar-refractivity contribution >= 4 is 28.3 Å². The number of carbonyl (C=O) groups is 1. The molecule has 0 aliphatic rings. The Morgan fingerprint density at radius 3 is 2.95 bits per heavy atom. The minimum Gasteiger partial charge on any atom is -0.352 e. The third-order valence-electron chi connectivity index (χ3n) is 3.19. The highest BCUT2D eigenvalue weighted by Crippen LogP contribution is 2.13. The Morgan fingerprint density at radius 1 is 1.35 bits per heavy atom. The molecular weight excluding hydrogens is 270 g/mol. The Balaban J connectivity index is 1.60. The summed E-state index contributed by atoms with van der Waals surface area (Å²) in [6, 6.07) is 7.92. The molecule has 102 valence electrons. The molecule has 1 aromatic carbocycles. The van der Waals surface area contributed by atoms with E-state index in [1.165, 1.54) is 0 Å². The quantitative estimate of drug-likeness (QED) is 0.774. The zero-order valence-corrected chi connectivity index (χ0v) is 12.0. The van der Waals surface area contributed by atoms with Gasteiger partial charge in [0.2, 0.25) is 0 Å². The number of aromatic amines is 1. The fourth-order valence-corrected chi connectivity index (χ4v) is 2.93. The average molecular weight is 285 g/mol. The summed E-state index contributed by atoms with van der Waals surface area (Å²) in [6.45, 7) is 2.53. The van der Waals surface area contributed by atoms with Gasteiger partial charge in [0.05, 0.1) is 16.6 Å². The Morgan fingerprint density at radius 2 is 2.20 bits per heavy atom. The molecule has 0 bridgehead atoms. The number of nitrogens with zero attached hydrogens (tertiary/aromatic N) is 1. The van der Waals surface area contributed by atoms with Crippen LogP contribution in [0, 0.1) is 6.92 Å². The number of rotatable bonds is 4. The minimum atomic E-state index is -0.0140. The van der Waals surface area contributed by atoms with Crippen LogP contribution in [-0.4, -0.2) is 22.4 Å². The molecule has 0 radical (unpaired) electrons. The summed E-state index contributed by atoms with van der Waals surface area (Å²) in [5, 5.41) is 6.79. The number of aromatic nitrogens is 2. The summed E-state index contributed by atoms with van der Waals surface area (Å²) in [6.07, 6.45) is 0.698. The molecule has 4 nitrogen and oxygen atoms in total. The topological polar surface area (TPSA) is 57.8 Å². The first-order chi connectivity index (χ1) is 9.74. The van der Waals surface area contributed by atoms with Crippen LogP contribution in [0.15, 0.2) is 35.0 Å². The minimum absolute atomic E-state index is 0.0140. The number of fused-ring (bicyclic) bond motifs is 1. The first-order valence-corrected chi connectivity index (χ1v) is 7.43. The van der Waals surface area contributed by atoms with Crippen LogP contribution in [0.2, 0.25) is 0 Å². The van der Waals surface area contributed by atoms with Crippen molar-refractivity contribution < 1.29 is 4.79 Å². The van der Waals surface area contributed by atoms with Crippen LogP contribution in [0.25, 0.3) is 11.0 Å². The lowest BCUT2D eigenvalue weighted by Crippen LogP contribution is -2.26. The summed E-state index contributed by atoms with van der Waals surface area (Å²) in [5.41, 5.74) is 3.78. The van der Waals surface area contributed by atoms with Gasteiger partial charge in [-0.2, -0.15) is 11.3 Å². The maximum atomic E-state index is 12.0. The van der Waals surface area contributed by atoms with Gasteiger partial charge in [0.1, 0.15) is 5.82 Å². The zero-order valence-electron chi connectivity index (χ0n) is 11.1. The van der Waals surface area contributed by atoms with E-state index < -0.39 is 0 Å². The predicted molar refractivity (Wildman–Crippen MR) is 81.2 cm³/mol. The number of hydrogen-bond acceptors (Lipinski definition) is 3. The predicted octanol–water partition coefficient (Wildman–Crippen LogP) is 2.91. The molecule has 0 atom stereocenters. The number of hydrogen-bond donors (Lipinski definition) is 2. The molecule has 2 N–H and O–H groups in total. The number of thiophene rings is 1. The largest absolute Gasteiger partial charge is 0.352 e. The van der Waals surface area contributed by atoms with E-state index in [-0.39, 0.29) is 5.91 Å². The maximum Gasteiger partial charge on any atom is 0.252 e. The molecule has 2 heterocycles. The Bertz CT molecular complexity index is 711. The normalized spacial score (nSPS) is 10.8. The maximum absolute atomic E-state index is 12.0. The molecule has 0 aliphatic heterocycles. The Labute approximate surface area is 120 Å². The van der Waals surface area contributed by atoms with Crippen LogP contribution in [0.3, 0.4) is 0 Å². The number of aryl methyl sites for hydroxylation is 1. The summed E-state index contributed by atoms with van der Waals surface area (Å²) in [7, 11) is 0. The van der Waals surface area contributed by atoms with Crippen LogP contribution < -0.4 is 5.32 Å². The van der Waals surface area contributed by atoms with Gasteiger partial charge < -0.3 is 10.3 Å². The molecule has 3 rings (SSSR count). The molecule has 0 saturated carbocycles. The van der Waals surface area contributed by atoms with Crippen molar-refractivity contribution in [1.82, 2.24) is 15.3 Å². The van der Waals surface area contributed by atoms with Crippen molar-refractivity contribution in [1.29, 1.82) is 0 Å². The van der Waals surface area contributed by atoms with Gasteiger partial charge in [-0.05, 0) is 30.0 Å². The standard InChI is InChI=1S/C15H15N3OS/c1-10-8-20-9-11(10)15(19)16-7-6-14-17-12-4-2-3-5-13(12)18-14/h2-5,8-9H,6-7H2,1H3,(H,16,19)(H,17,18). The second kappa shape index (κ2) is 5.46. The Hall–Kier alpha value is -2.14. The molecule has 0 fully saturated rings. The smallest absolute Gasteiger partial charge is 0.252 e. The second-order valence-corrected chi connectivity index (χ2v) is 5.42. The van der Waals surface area contributed by atoms with E-state index >= 15 is 0 Å². The van der Waals surface area contributed by atoms with Crippen molar-refractivity contribution in [3.63, 3.8) is 0 Å². The van der Waals surface area contributed by atoms with Crippen LogP contribution in [0.1, 0.15) is 21.7 Å². The van der Waals surface area contributed by atoms with Gasteiger partial charge >= 0.3 is 0 Å². The number of H-pyrrole nitrogens is 1. The van der Waals surface area contributed by atoms with E-state index in [1.807, 2.05) is 41.9 Å². The lowest BCUT2D eigenvalue weighted by atomic mass is 10.2. The van der Waals surface area contributed by atoms with Crippen LogP contribution in [-0.2, 0) is 6.42 Å². The van der Waals surface area contributed by atoms with E-state index in [0.717, 1.165) is 28.0 Å². The van der Waals surface area contributed by atoms with Crippen molar-refractivity contribution in [2.24, 2.45) is 0 Å². The van der Waals surface area contributed by atoms with Gasteiger partial charge in [-0.3, -0.25) is 4.79 Å². The fraction of sp³-hybridized carbons (Fsp3) is 0.200. The van der Waals surface area contributed by atoms with Gasteiger partial charge in [0.25, 0.3) is 5.91 Å². The summed E-state index contributed by atoms with van der Waals surface area (Å²) in [4.78, 5) is 19.7. The van der Waals surface area contributed by atoms with Crippen molar-refractivity contribution in [2.45, 2.75) is 13.3 Å². The molecule has 3 aromatic rings. The number of carbonyl (C=O) groups excluding carboxylic acids is 1. The Kier molecular flexibility index (Phi) is 3.52. The lowest BCUT2D eigenvalue weighted by molar-refractivity contribution is 0.0954. The van der Waals surface area contributed by atoms with E-state index in [4.69, 9.17) is 0 Å². The lowest BCUT2D eigenvalue weighted by Gasteiger charge is -2.03. The average Bonchev–Trinajstić information content (AvgIpc) is 3.04. The monoisotopic (exact) mass is 285 g/mol. The fourth-order valence-electron chi connectivity index (χ4n) is 2.11. The molecule has 5 heteroatoms. The highest BCUT2D eigenvalue weighted by molar-refractivity contribution is 7.08. The first-order valence-electron chi connectivity index (χ1n) is 6.48. The van der Waals surface area contributed by atoms with Crippen LogP contribution in [0.4, 0.5) is 0 Å². The number of imidazole rings is 1. The second-order valence-electron chi connectivity index (χ2n) is 4.68. The number of amides is 1. The van der Waals surface area contributed by atoms with E-state index in [1.54, 1.807) is 11.3 Å². The molecule has 1 amide bonds. The summed E-state index contributed by atoms with van der Waals surface area (Å²) in [5.74, 6) is 0.883. The van der Waals surface area contributed by atoms with Crippen molar-refractivity contribution in [2.75, 3.05) is 6.54 Å². The number of nitrogens with one attached hydrogen (secondary N) is 2. The van der Waals surface area contributed by atoms with Gasteiger partial charge in [0, 0.05) is 18.3 Å². The van der Waals surface area contributed by atoms with Crippen LogP contribution in [0.5, 0.6) is 0 Å². The first kappa shape index (κ1) is 12.9. The zero-order chi connectivity index (χ0) is 13.9. The van der Waals surface area contributed by atoms with E-state index in [9.17, 15) is 4.79 Å². The van der Waals surface area contributed by atoms with Gasteiger partial charge in [-0.25, -0.2) is 4.98 Å². The van der Waals surface area contributed by atoms with Crippen molar-refractivity contribution in [3.8, 4) is 0 Å². The molecular formula is C15H15N3OS. The van der Waals surface area contributed by atoms with Gasteiger partial charge in [0.15, 0.2) is 0 Å². The van der Waals surface area contributed by atoms with Crippen molar-refractivity contribution in [3.05, 3.63) is 52.0 Å². The van der Waals surface area contributed by atoms with Gasteiger partial charge in [-0.1, -0.05) is 12.1 Å². The third-order valence-corrected chi connectivity index (χ3v) is 4.05. The van der Waals surface area contributed by atoms with Crippen LogP contribution >= 0.6 is 11.3 Å². The molecule has 0 aliphatic carbocycles. The van der Waals surface area contributed by atoms with E-state index in [2.05, 4.69) is 15.3 Å². The molecule has 0 saturated heterocycles. The number of benzene rings is 1. The summed E-state index contributed by atoms with van der Waals surface area (Å²) < 4.78 is 0. The third kappa shape index (κ3) is 2.58. The highest BCUT2D eigenvalue weighted by Gasteiger charge is 2.09. The summed E-state index contributed by atoms with van der Waals surface area (Å²) >= 11 is 1.55. The highest BCUT2D eigenvalue weighted by atomic mass is 32.1. The molecule has 2 aromatic heterocycles. The molecule has 20 heavy (non-hydrogen) atoms. The van der Waals surface area contributed by atoms with E-state index in [0.29, 0.717) is 13.0 Å². The molecule has 0 unspecified atom stereocenters. The number of para-hydroxylation sites is 2. The SMILES string of the molecule is Cc1cscc1C(=O)NCCc1nc2ccccc2[nH]1. The molecule has 0 spiro atoms.